The summed E-state index contributed by atoms with van der Waals surface area (Å²) >= 11 is 5.07. The molecule has 2 unspecified atom stereocenters. The summed E-state index contributed by atoms with van der Waals surface area (Å²) in [6, 6.07) is 0.0643. The molecular formula is C28H52N3O9PS. The Kier molecular flexibility index (Phi) is 15.1. The van der Waals surface area contributed by atoms with Gasteiger partial charge in [-0.15, -0.1) is 0 Å². The standard InChI is InChI=1S/C28H52N3O9PS/c1-3-4-5-6-7-8-9-10-11-12-13-14-15-16-22(32)21(29)19-38-41(36,37)39-20-23-25(34)28(2,35)26(40-23)31-18-17-24(33)30-27(31)42/h17-18,21-23,25-26,32,34-35H,3-16,19-20,29H2,1-2H3,(H,36,37)(H,30,33,42)/t21-,22+,23+,25-,26+,28?/m0/s1/i20D2. The van der Waals surface area contributed by atoms with Crippen LogP contribution in [0.4, 0.5) is 0 Å². The van der Waals surface area contributed by atoms with Crippen molar-refractivity contribution < 1.29 is 41.3 Å². The normalized spacial score (nSPS) is 26.4. The Bertz CT molecular complexity index is 1160. The molecular weight excluding hydrogens is 585 g/mol. The zero-order chi connectivity index (χ0) is 33.0. The first-order valence-corrected chi connectivity index (χ1v) is 17.0. The highest BCUT2D eigenvalue weighted by Gasteiger charge is 2.53. The maximum absolute atomic E-state index is 12.6. The van der Waals surface area contributed by atoms with E-state index in [0.717, 1.165) is 43.2 Å². The van der Waals surface area contributed by atoms with Gasteiger partial charge in [0.25, 0.3) is 5.56 Å². The fraction of sp³-hybridized carbons (Fsp3) is 0.857. The molecule has 0 aliphatic carbocycles. The Morgan fingerprint density at radius 3 is 2.24 bits per heavy atom. The number of phosphoric ester groups is 1. The minimum Gasteiger partial charge on any atom is -0.391 e. The Morgan fingerprint density at radius 2 is 1.69 bits per heavy atom. The Labute approximate surface area is 257 Å². The number of unbranched alkanes of at least 4 members (excludes halogenated alkanes) is 12. The number of ether oxygens (including phenoxy) is 1. The average Bonchev–Trinajstić information content (AvgIpc) is 3.18. The molecule has 2 rings (SSSR count). The van der Waals surface area contributed by atoms with Crippen molar-refractivity contribution in [2.24, 2.45) is 5.73 Å². The lowest BCUT2D eigenvalue weighted by molar-refractivity contribution is -0.0978. The third-order valence-corrected chi connectivity index (χ3v) is 8.70. The lowest BCUT2D eigenvalue weighted by Crippen LogP contribution is -2.44. The van der Waals surface area contributed by atoms with E-state index in [2.05, 4.69) is 11.9 Å². The van der Waals surface area contributed by atoms with Gasteiger partial charge in [-0.25, -0.2) is 4.57 Å². The zero-order valence-corrected chi connectivity index (χ0v) is 26.6. The number of nitrogens with one attached hydrogen (secondary N) is 1. The molecule has 0 spiro atoms. The maximum Gasteiger partial charge on any atom is 0.472 e. The molecule has 1 aliphatic rings. The summed E-state index contributed by atoms with van der Waals surface area (Å²) in [5.74, 6) is 0. The SMILES string of the molecule is [2H]C([2H])(OP(=O)(O)OC[C@H](N)[C@H](O)CCCCCCCCCCCCCCC)[C@H]1O[C@@H](n2ccc(=O)[nH]c2=S)C(C)(O)[C@H]1O. The first kappa shape index (κ1) is 33.9. The van der Waals surface area contributed by atoms with Gasteiger partial charge in [-0.1, -0.05) is 90.4 Å². The van der Waals surface area contributed by atoms with E-state index in [-0.39, 0.29) is 4.77 Å². The van der Waals surface area contributed by atoms with Gasteiger partial charge < -0.3 is 30.7 Å². The van der Waals surface area contributed by atoms with Crippen LogP contribution in [0.5, 0.6) is 0 Å². The van der Waals surface area contributed by atoms with Crippen LogP contribution in [0, 0.1) is 4.77 Å². The summed E-state index contributed by atoms with van der Waals surface area (Å²) in [6.07, 6.45) is 10.7. The van der Waals surface area contributed by atoms with Crippen LogP contribution in [0.25, 0.3) is 0 Å². The summed E-state index contributed by atoms with van der Waals surface area (Å²) in [5.41, 5.74) is 3.27. The molecule has 0 bridgehead atoms. The first-order chi connectivity index (χ1) is 20.6. The number of aliphatic hydroxyl groups excluding tert-OH is 2. The quantitative estimate of drug-likeness (QED) is 0.0605. The van der Waals surface area contributed by atoms with E-state index in [4.69, 9.17) is 34.5 Å². The van der Waals surface area contributed by atoms with E-state index in [1.165, 1.54) is 64.0 Å². The van der Waals surface area contributed by atoms with Gasteiger partial charge in [-0.2, -0.15) is 0 Å². The van der Waals surface area contributed by atoms with Gasteiger partial charge in [0.2, 0.25) is 0 Å². The fourth-order valence-corrected chi connectivity index (χ4v) is 5.78. The number of H-pyrrole nitrogens is 1. The number of hydrogen-bond acceptors (Lipinski definition) is 10. The highest BCUT2D eigenvalue weighted by Crippen LogP contribution is 2.45. The van der Waals surface area contributed by atoms with Gasteiger partial charge in [0, 0.05) is 12.3 Å². The fourth-order valence-electron chi connectivity index (χ4n) is 4.88. The molecule has 0 aromatic carbocycles. The van der Waals surface area contributed by atoms with Crippen LogP contribution in [-0.4, -0.2) is 72.9 Å². The third-order valence-electron chi connectivity index (χ3n) is 7.58. The molecule has 0 amide bonds. The van der Waals surface area contributed by atoms with Crippen LogP contribution in [0.1, 0.15) is 113 Å². The average molecular weight is 640 g/mol. The number of aromatic amines is 1. The minimum absolute atomic E-state index is 0.167. The molecule has 1 aliphatic heterocycles. The highest BCUT2D eigenvalue weighted by molar-refractivity contribution is 7.71. The monoisotopic (exact) mass is 639 g/mol. The van der Waals surface area contributed by atoms with Crippen molar-refractivity contribution in [3.05, 3.63) is 27.4 Å². The van der Waals surface area contributed by atoms with Crippen molar-refractivity contribution in [2.45, 2.75) is 140 Å². The van der Waals surface area contributed by atoms with Gasteiger partial charge >= 0.3 is 7.82 Å². The van der Waals surface area contributed by atoms with E-state index < -0.39 is 62.7 Å². The van der Waals surface area contributed by atoms with Gasteiger partial charge in [0.1, 0.15) is 17.8 Å². The van der Waals surface area contributed by atoms with Crippen LogP contribution in [-0.2, 0) is 18.3 Å². The van der Waals surface area contributed by atoms with E-state index in [1.54, 1.807) is 0 Å². The molecule has 1 saturated heterocycles. The van der Waals surface area contributed by atoms with Crippen molar-refractivity contribution in [3.63, 3.8) is 0 Å². The Hall–Kier alpha value is -0.990. The minimum atomic E-state index is -5.11. The largest absolute Gasteiger partial charge is 0.472 e. The second-order valence-corrected chi connectivity index (χ2v) is 13.1. The topological polar surface area (TPSA) is 189 Å². The Balaban J connectivity index is 1.73. The van der Waals surface area contributed by atoms with Crippen LogP contribution in [0.3, 0.4) is 0 Å². The number of phosphoric acid groups is 1. The molecule has 0 radical (unpaired) electrons. The predicted molar refractivity (Wildman–Crippen MR) is 162 cm³/mol. The van der Waals surface area contributed by atoms with Crippen molar-refractivity contribution in [1.29, 1.82) is 0 Å². The molecule has 7 N–H and O–H groups in total. The summed E-state index contributed by atoms with van der Waals surface area (Å²) in [6.45, 7) is -0.353. The molecule has 1 aromatic heterocycles. The molecule has 12 nitrogen and oxygen atoms in total. The van der Waals surface area contributed by atoms with Crippen molar-refractivity contribution in [2.75, 3.05) is 13.2 Å². The predicted octanol–water partition coefficient (Wildman–Crippen LogP) is 4.22. The van der Waals surface area contributed by atoms with Gasteiger partial charge in [0.05, 0.1) is 28.1 Å². The second kappa shape index (κ2) is 18.7. The summed E-state index contributed by atoms with van der Waals surface area (Å²) < 4.78 is 45.0. The summed E-state index contributed by atoms with van der Waals surface area (Å²) in [5, 5.41) is 31.9. The lowest BCUT2D eigenvalue weighted by Gasteiger charge is -2.28. The molecule has 2 heterocycles. The maximum atomic E-state index is 12.6. The highest BCUT2D eigenvalue weighted by atomic mass is 32.1. The summed E-state index contributed by atoms with van der Waals surface area (Å²) in [4.78, 5) is 24.0. The van der Waals surface area contributed by atoms with E-state index in [0.29, 0.717) is 6.42 Å². The second-order valence-electron chi connectivity index (χ2n) is 11.3. The molecule has 1 aromatic rings. The number of nitrogens with two attached hydrogens (primary N) is 1. The number of aromatic nitrogens is 2. The van der Waals surface area contributed by atoms with Crippen LogP contribution < -0.4 is 11.3 Å². The molecule has 7 atom stereocenters. The zero-order valence-electron chi connectivity index (χ0n) is 26.9. The Morgan fingerprint density at radius 1 is 1.14 bits per heavy atom. The summed E-state index contributed by atoms with van der Waals surface area (Å²) in [7, 11) is -5.11. The van der Waals surface area contributed by atoms with Crippen molar-refractivity contribution >= 4 is 20.0 Å². The molecule has 14 heteroatoms. The molecule has 42 heavy (non-hydrogen) atoms. The first-order valence-electron chi connectivity index (χ1n) is 16.1. The molecule has 244 valence electrons. The molecule has 1 fully saturated rings. The molecule has 0 saturated carbocycles. The van der Waals surface area contributed by atoms with Crippen LogP contribution >= 0.6 is 20.0 Å². The van der Waals surface area contributed by atoms with Gasteiger partial charge in [0.15, 0.2) is 11.0 Å². The van der Waals surface area contributed by atoms with Gasteiger partial charge in [-0.3, -0.25) is 23.4 Å². The number of aliphatic hydroxyl groups is 3. The van der Waals surface area contributed by atoms with Gasteiger partial charge in [-0.05, 0) is 25.6 Å². The van der Waals surface area contributed by atoms with Crippen molar-refractivity contribution in [1.82, 2.24) is 9.55 Å². The van der Waals surface area contributed by atoms with E-state index >= 15 is 0 Å². The smallest absolute Gasteiger partial charge is 0.391 e. The number of rotatable bonds is 22. The van der Waals surface area contributed by atoms with Crippen LogP contribution in [0.15, 0.2) is 17.1 Å². The number of hydrogen-bond donors (Lipinski definition) is 6. The lowest BCUT2D eigenvalue weighted by atomic mass is 9.96. The van der Waals surface area contributed by atoms with Crippen molar-refractivity contribution in [3.8, 4) is 0 Å². The van der Waals surface area contributed by atoms with E-state index in [1.807, 2.05) is 0 Å². The third kappa shape index (κ3) is 12.6. The number of nitrogens with zero attached hydrogens (tertiary/aromatic N) is 1. The van der Waals surface area contributed by atoms with Crippen LogP contribution in [0.2, 0.25) is 0 Å². The van der Waals surface area contributed by atoms with E-state index in [9.17, 15) is 29.6 Å².